The molecule has 0 aliphatic carbocycles. The summed E-state index contributed by atoms with van der Waals surface area (Å²) in [7, 11) is -3.66. The molecular formula is C28H37N5O4S. The summed E-state index contributed by atoms with van der Waals surface area (Å²) in [5.74, 6) is 0.559. The number of carbonyl (C=O) groups is 1. The summed E-state index contributed by atoms with van der Waals surface area (Å²) in [5.41, 5.74) is 2.53. The highest BCUT2D eigenvalue weighted by atomic mass is 32.2. The minimum atomic E-state index is -3.66. The molecule has 1 aliphatic rings. The predicted molar refractivity (Wildman–Crippen MR) is 146 cm³/mol. The molecule has 0 spiro atoms. The molecule has 0 bridgehead atoms. The van der Waals surface area contributed by atoms with Crippen LogP contribution in [0.4, 0.5) is 0 Å². The third-order valence-electron chi connectivity index (χ3n) is 6.54. The molecule has 0 N–H and O–H groups in total. The summed E-state index contributed by atoms with van der Waals surface area (Å²) in [6.07, 6.45) is 10.1. The van der Waals surface area contributed by atoms with Crippen molar-refractivity contribution in [1.82, 2.24) is 24.2 Å². The van der Waals surface area contributed by atoms with Gasteiger partial charge in [0.1, 0.15) is 24.0 Å². The Kier molecular flexibility index (Phi) is 9.17. The van der Waals surface area contributed by atoms with E-state index >= 15 is 0 Å². The Hall–Kier alpha value is -3.24. The van der Waals surface area contributed by atoms with Crippen molar-refractivity contribution in [2.75, 3.05) is 12.3 Å². The fourth-order valence-corrected chi connectivity index (χ4v) is 6.15. The molecule has 9 nitrogen and oxygen atoms in total. The average molecular weight is 540 g/mol. The van der Waals surface area contributed by atoms with Crippen LogP contribution < -0.4 is 0 Å². The first-order valence-electron chi connectivity index (χ1n) is 13.2. The number of carbonyl (C=O) groups excluding carboxylic acids is 1. The van der Waals surface area contributed by atoms with Gasteiger partial charge >= 0.3 is 0 Å². The molecule has 1 amide bonds. The highest BCUT2D eigenvalue weighted by molar-refractivity contribution is 7.89. The number of nitrogens with zero attached hydrogens (tertiary/aromatic N) is 5. The number of allylic oxidation sites excluding steroid dienone is 1. The summed E-state index contributed by atoms with van der Waals surface area (Å²) >= 11 is 0. The van der Waals surface area contributed by atoms with Gasteiger partial charge in [-0.2, -0.15) is 4.31 Å². The van der Waals surface area contributed by atoms with Crippen molar-refractivity contribution in [1.29, 1.82) is 0 Å². The molecule has 4 rings (SSSR count). The maximum Gasteiger partial charge on any atom is 0.241 e. The van der Waals surface area contributed by atoms with E-state index in [1.165, 1.54) is 4.31 Å². The van der Waals surface area contributed by atoms with Crippen LogP contribution in [-0.4, -0.2) is 56.9 Å². The Morgan fingerprint density at radius 2 is 1.92 bits per heavy atom. The molecule has 1 unspecified atom stereocenters. The van der Waals surface area contributed by atoms with Crippen molar-refractivity contribution in [2.24, 2.45) is 5.92 Å². The number of hydrogen-bond acceptors (Lipinski definition) is 6. The topological polar surface area (TPSA) is 102 Å². The molecule has 10 heteroatoms. The maximum absolute atomic E-state index is 13.8. The lowest BCUT2D eigenvalue weighted by molar-refractivity contribution is -0.136. The predicted octanol–water partition coefficient (Wildman–Crippen LogP) is 4.32. The number of benzene rings is 1. The van der Waals surface area contributed by atoms with E-state index in [0.29, 0.717) is 18.7 Å². The van der Waals surface area contributed by atoms with Crippen LogP contribution in [0, 0.1) is 5.92 Å². The smallest absolute Gasteiger partial charge is 0.241 e. The second-order valence-electron chi connectivity index (χ2n) is 10.2. The van der Waals surface area contributed by atoms with Gasteiger partial charge in [-0.15, -0.1) is 5.10 Å². The summed E-state index contributed by atoms with van der Waals surface area (Å²) < 4.78 is 35.3. The van der Waals surface area contributed by atoms with E-state index in [2.05, 4.69) is 29.4 Å². The number of rotatable bonds is 11. The second-order valence-corrected chi connectivity index (χ2v) is 12.2. The van der Waals surface area contributed by atoms with Crippen LogP contribution in [0.15, 0.2) is 59.4 Å². The van der Waals surface area contributed by atoms with Gasteiger partial charge in [-0.3, -0.25) is 4.79 Å². The lowest BCUT2D eigenvalue weighted by atomic mass is 10.0. The molecule has 1 fully saturated rings. The van der Waals surface area contributed by atoms with Gasteiger partial charge in [0.25, 0.3) is 0 Å². The number of amides is 1. The highest BCUT2D eigenvalue weighted by Crippen LogP contribution is 2.25. The van der Waals surface area contributed by atoms with E-state index in [1.807, 2.05) is 50.2 Å². The van der Waals surface area contributed by atoms with Crippen molar-refractivity contribution in [3.63, 3.8) is 0 Å². The lowest BCUT2D eigenvalue weighted by Crippen LogP contribution is -2.47. The Morgan fingerprint density at radius 3 is 2.61 bits per heavy atom. The minimum Gasteiger partial charge on any atom is -0.467 e. The summed E-state index contributed by atoms with van der Waals surface area (Å²) in [6, 6.07) is 10.8. The van der Waals surface area contributed by atoms with E-state index in [0.717, 1.165) is 29.7 Å². The number of aromatic nitrogens is 3. The quantitative estimate of drug-likeness (QED) is 0.360. The van der Waals surface area contributed by atoms with E-state index in [-0.39, 0.29) is 37.2 Å². The maximum atomic E-state index is 13.8. The van der Waals surface area contributed by atoms with Gasteiger partial charge in [0.05, 0.1) is 24.8 Å². The number of hydrogen-bond donors (Lipinski definition) is 0. The monoisotopic (exact) mass is 539 g/mol. The lowest BCUT2D eigenvalue weighted by Gasteiger charge is -2.30. The molecule has 1 atom stereocenters. The van der Waals surface area contributed by atoms with Gasteiger partial charge < -0.3 is 9.32 Å². The first-order chi connectivity index (χ1) is 18.2. The molecule has 38 heavy (non-hydrogen) atoms. The van der Waals surface area contributed by atoms with Crippen LogP contribution in [-0.2, 0) is 34.5 Å². The van der Waals surface area contributed by atoms with Gasteiger partial charge in [-0.1, -0.05) is 68.8 Å². The SMILES string of the molecule is CCCC=Cc1ccc(CN2C(CC(C)C)C(=O)N(Cc3cn(Cc4ccco4)nn3)CCS2(=O)=O)cc1. The third kappa shape index (κ3) is 7.20. The molecule has 1 aromatic carbocycles. The zero-order valence-electron chi connectivity index (χ0n) is 22.4. The van der Waals surface area contributed by atoms with Crippen molar-refractivity contribution in [3.05, 3.63) is 77.5 Å². The molecule has 3 aromatic rings. The van der Waals surface area contributed by atoms with Gasteiger partial charge in [-0.05, 0) is 42.0 Å². The van der Waals surface area contributed by atoms with Crippen molar-refractivity contribution in [3.8, 4) is 0 Å². The van der Waals surface area contributed by atoms with Crippen LogP contribution >= 0.6 is 0 Å². The van der Waals surface area contributed by atoms with Crippen LogP contribution in [0.25, 0.3) is 6.08 Å². The third-order valence-corrected chi connectivity index (χ3v) is 8.33. The van der Waals surface area contributed by atoms with E-state index in [4.69, 9.17) is 4.42 Å². The number of unbranched alkanes of at least 4 members (excludes halogenated alkanes) is 1. The fraction of sp³-hybridized carbons (Fsp3) is 0.464. The molecule has 204 valence electrons. The van der Waals surface area contributed by atoms with E-state index < -0.39 is 16.1 Å². The van der Waals surface area contributed by atoms with Gasteiger partial charge in [0.15, 0.2) is 0 Å². The van der Waals surface area contributed by atoms with Crippen LogP contribution in [0.3, 0.4) is 0 Å². The summed E-state index contributed by atoms with van der Waals surface area (Å²) in [5, 5.41) is 8.35. The van der Waals surface area contributed by atoms with Gasteiger partial charge in [0, 0.05) is 13.1 Å². The Bertz CT molecular complexity index is 1310. The Balaban J connectivity index is 1.52. The van der Waals surface area contributed by atoms with E-state index in [9.17, 15) is 13.2 Å². The molecule has 1 saturated heterocycles. The Labute approximate surface area is 225 Å². The van der Waals surface area contributed by atoms with Crippen molar-refractivity contribution in [2.45, 2.75) is 65.7 Å². The van der Waals surface area contributed by atoms with Gasteiger partial charge in [0.2, 0.25) is 15.9 Å². The number of sulfonamides is 1. The average Bonchev–Trinajstić information content (AvgIpc) is 3.55. The van der Waals surface area contributed by atoms with Gasteiger partial charge in [-0.25, -0.2) is 13.1 Å². The fourth-order valence-electron chi connectivity index (χ4n) is 4.56. The molecule has 0 radical (unpaired) electrons. The number of furan rings is 1. The summed E-state index contributed by atoms with van der Waals surface area (Å²) in [6.45, 7) is 7.05. The normalized spacial score (nSPS) is 18.5. The zero-order valence-corrected chi connectivity index (χ0v) is 23.2. The molecule has 3 heterocycles. The van der Waals surface area contributed by atoms with Crippen LogP contribution in [0.5, 0.6) is 0 Å². The largest absolute Gasteiger partial charge is 0.467 e. The first kappa shape index (κ1) is 27.8. The second kappa shape index (κ2) is 12.5. The molecule has 0 saturated carbocycles. The first-order valence-corrected chi connectivity index (χ1v) is 14.8. The molecular weight excluding hydrogens is 502 g/mol. The molecule has 2 aromatic heterocycles. The summed E-state index contributed by atoms with van der Waals surface area (Å²) in [4.78, 5) is 15.4. The molecule has 1 aliphatic heterocycles. The highest BCUT2D eigenvalue weighted by Gasteiger charge is 2.41. The van der Waals surface area contributed by atoms with Crippen molar-refractivity contribution < 1.29 is 17.6 Å². The van der Waals surface area contributed by atoms with Crippen molar-refractivity contribution >= 4 is 22.0 Å². The zero-order chi connectivity index (χ0) is 27.1. The minimum absolute atomic E-state index is 0.110. The van der Waals surface area contributed by atoms with Crippen LogP contribution in [0.1, 0.15) is 62.6 Å². The van der Waals surface area contributed by atoms with Crippen LogP contribution in [0.2, 0.25) is 0 Å². The Morgan fingerprint density at radius 1 is 1.13 bits per heavy atom. The van der Waals surface area contributed by atoms with E-state index in [1.54, 1.807) is 22.0 Å². The standard InChI is InChI=1S/C28H37N5O4S/c1-4-5-6-8-23-10-12-24(13-11-23)18-33-27(17-22(2)3)28(34)31(14-16-38(33,35)36)19-25-20-32(30-29-25)21-26-9-7-15-37-26/h6-13,15,20,22,27H,4-5,14,16-19,21H2,1-3H3.